The van der Waals surface area contributed by atoms with E-state index in [0.29, 0.717) is 36.5 Å². The van der Waals surface area contributed by atoms with Crippen molar-refractivity contribution in [3.8, 4) is 11.4 Å². The predicted molar refractivity (Wildman–Crippen MR) is 99.9 cm³/mol. The second kappa shape index (κ2) is 7.32. The van der Waals surface area contributed by atoms with Crippen LogP contribution in [0.3, 0.4) is 0 Å². The van der Waals surface area contributed by atoms with Crippen molar-refractivity contribution >= 4 is 22.8 Å². The zero-order chi connectivity index (χ0) is 20.6. The summed E-state index contributed by atoms with van der Waals surface area (Å²) in [7, 11) is 0. The number of piperazine rings is 1. The molecule has 3 aromatic heterocycles. The summed E-state index contributed by atoms with van der Waals surface area (Å²) >= 11 is 0. The van der Waals surface area contributed by atoms with Crippen LogP contribution in [0.5, 0.6) is 0 Å². The maximum Gasteiger partial charge on any atom is 0.418 e. The largest absolute Gasteiger partial charge is 0.418 e. The number of H-pyrrole nitrogens is 1. The number of amides is 1. The average Bonchev–Trinajstić information content (AvgIpc) is 3.10. The molecule has 8 nitrogen and oxygen atoms in total. The van der Waals surface area contributed by atoms with Crippen LogP contribution >= 0.6 is 0 Å². The van der Waals surface area contributed by atoms with Gasteiger partial charge in [0.05, 0.1) is 11.3 Å². The van der Waals surface area contributed by atoms with Crippen molar-refractivity contribution in [2.75, 3.05) is 24.5 Å². The highest BCUT2D eigenvalue weighted by Crippen LogP contribution is 2.38. The van der Waals surface area contributed by atoms with Gasteiger partial charge in [-0.05, 0) is 24.3 Å². The van der Waals surface area contributed by atoms with Gasteiger partial charge in [-0.15, -0.1) is 0 Å². The van der Waals surface area contributed by atoms with E-state index in [9.17, 15) is 18.0 Å². The van der Waals surface area contributed by atoms with Crippen molar-refractivity contribution in [2.45, 2.75) is 18.6 Å². The van der Waals surface area contributed by atoms with Crippen LogP contribution in [0.25, 0.3) is 22.4 Å². The number of nitrogens with one attached hydrogen (secondary N) is 2. The minimum absolute atomic E-state index is 0.140. The number of alkyl halides is 3. The Balaban J connectivity index is 1.76. The van der Waals surface area contributed by atoms with Crippen LogP contribution in [0, 0.1) is 0 Å². The van der Waals surface area contributed by atoms with Crippen LogP contribution in [-0.4, -0.2) is 51.7 Å². The molecule has 0 spiro atoms. The number of primary amides is 1. The number of hydrogen-bond donors (Lipinski definition) is 3. The highest BCUT2D eigenvalue weighted by atomic mass is 19.4. The number of carbonyl (C=O) groups is 1. The molecule has 4 rings (SSSR count). The zero-order valence-electron chi connectivity index (χ0n) is 15.2. The summed E-state index contributed by atoms with van der Waals surface area (Å²) in [5.41, 5.74) is 4.63. The molecular weight excluding hydrogens is 387 g/mol. The topological polar surface area (TPSA) is 113 Å². The molecule has 1 atom stereocenters. The first-order valence-electron chi connectivity index (χ1n) is 8.97. The molecule has 1 aliphatic heterocycles. The Morgan fingerprint density at radius 3 is 2.90 bits per heavy atom. The normalized spacial score (nSPS) is 17.6. The number of nitrogens with two attached hydrogens (primary N) is 1. The smallest absolute Gasteiger partial charge is 0.370 e. The Morgan fingerprint density at radius 1 is 1.31 bits per heavy atom. The van der Waals surface area contributed by atoms with Gasteiger partial charge >= 0.3 is 6.18 Å². The maximum absolute atomic E-state index is 13.7. The standard InChI is InChI=1S/C18H18F3N7O/c19-18(20,21)12-3-4-14(28-7-6-23-10(9-28)8-13(22)29)25-16(12)15-11-2-1-5-24-17(11)27-26-15/h1-5,10,23H,6-9H2,(H2,22,29)(H,24,26,27). The Bertz CT molecular complexity index is 1050. The third kappa shape index (κ3) is 3.86. The van der Waals surface area contributed by atoms with Crippen LogP contribution in [0.1, 0.15) is 12.0 Å². The van der Waals surface area contributed by atoms with Crippen molar-refractivity contribution in [3.63, 3.8) is 0 Å². The molecule has 1 fully saturated rings. The molecular formula is C18H18F3N7O. The number of rotatable bonds is 4. The Labute approximate surface area is 163 Å². The molecule has 3 aromatic rings. The van der Waals surface area contributed by atoms with Crippen molar-refractivity contribution in [1.29, 1.82) is 0 Å². The summed E-state index contributed by atoms with van der Waals surface area (Å²) in [5.74, 6) is -0.0579. The molecule has 1 unspecified atom stereocenters. The highest BCUT2D eigenvalue weighted by molar-refractivity contribution is 5.90. The molecule has 0 aromatic carbocycles. The third-order valence-corrected chi connectivity index (χ3v) is 4.78. The quantitative estimate of drug-likeness (QED) is 0.609. The number of aromatic nitrogens is 4. The van der Waals surface area contributed by atoms with E-state index in [0.717, 1.165) is 6.07 Å². The molecule has 4 N–H and O–H groups in total. The van der Waals surface area contributed by atoms with Gasteiger partial charge in [-0.3, -0.25) is 9.89 Å². The van der Waals surface area contributed by atoms with E-state index >= 15 is 0 Å². The Morgan fingerprint density at radius 2 is 2.14 bits per heavy atom. The van der Waals surface area contributed by atoms with Gasteiger partial charge in [0.2, 0.25) is 5.91 Å². The first kappa shape index (κ1) is 19.1. The predicted octanol–water partition coefficient (Wildman–Crippen LogP) is 1.69. The van der Waals surface area contributed by atoms with E-state index in [2.05, 4.69) is 25.5 Å². The molecule has 0 radical (unpaired) electrons. The first-order valence-corrected chi connectivity index (χ1v) is 8.97. The van der Waals surface area contributed by atoms with Crippen molar-refractivity contribution < 1.29 is 18.0 Å². The lowest BCUT2D eigenvalue weighted by molar-refractivity contribution is -0.137. The summed E-state index contributed by atoms with van der Waals surface area (Å²) in [6.45, 7) is 1.51. The number of anilines is 1. The number of pyridine rings is 2. The molecule has 0 aliphatic carbocycles. The van der Waals surface area contributed by atoms with Crippen molar-refractivity contribution in [3.05, 3.63) is 36.0 Å². The summed E-state index contributed by atoms with van der Waals surface area (Å²) < 4.78 is 41.0. The van der Waals surface area contributed by atoms with Gasteiger partial charge in [-0.25, -0.2) is 9.97 Å². The maximum atomic E-state index is 13.7. The summed E-state index contributed by atoms with van der Waals surface area (Å²) in [4.78, 5) is 21.4. The number of hydrogen-bond acceptors (Lipinski definition) is 6. The van der Waals surface area contributed by atoms with E-state index in [1.54, 1.807) is 12.1 Å². The van der Waals surface area contributed by atoms with E-state index in [4.69, 9.17) is 5.73 Å². The highest BCUT2D eigenvalue weighted by Gasteiger charge is 2.36. The third-order valence-electron chi connectivity index (χ3n) is 4.78. The van der Waals surface area contributed by atoms with Gasteiger partial charge in [0.25, 0.3) is 0 Å². The minimum atomic E-state index is -4.58. The number of aromatic amines is 1. The fourth-order valence-electron chi connectivity index (χ4n) is 3.49. The molecule has 11 heteroatoms. The molecule has 1 saturated heterocycles. The van der Waals surface area contributed by atoms with E-state index in [-0.39, 0.29) is 23.9 Å². The van der Waals surface area contributed by atoms with Crippen LogP contribution in [0.2, 0.25) is 0 Å². The lowest BCUT2D eigenvalue weighted by Gasteiger charge is -2.34. The van der Waals surface area contributed by atoms with E-state index in [1.807, 2.05) is 4.90 Å². The Kier molecular flexibility index (Phi) is 4.82. The van der Waals surface area contributed by atoms with Gasteiger partial charge < -0.3 is 16.0 Å². The van der Waals surface area contributed by atoms with Crippen LogP contribution in [0.15, 0.2) is 30.5 Å². The van der Waals surface area contributed by atoms with Crippen LogP contribution in [-0.2, 0) is 11.0 Å². The minimum Gasteiger partial charge on any atom is -0.370 e. The number of halogens is 3. The second-order valence-electron chi connectivity index (χ2n) is 6.80. The van der Waals surface area contributed by atoms with E-state index in [1.165, 1.54) is 12.3 Å². The van der Waals surface area contributed by atoms with Gasteiger partial charge in [-0.2, -0.15) is 18.3 Å². The van der Waals surface area contributed by atoms with Crippen molar-refractivity contribution in [2.24, 2.45) is 5.73 Å². The molecule has 152 valence electrons. The molecule has 0 saturated carbocycles. The molecule has 4 heterocycles. The van der Waals surface area contributed by atoms with Gasteiger partial charge in [0.1, 0.15) is 11.5 Å². The number of nitrogens with zero attached hydrogens (tertiary/aromatic N) is 4. The average molecular weight is 405 g/mol. The fraction of sp³-hybridized carbons (Fsp3) is 0.333. The van der Waals surface area contributed by atoms with Gasteiger partial charge in [0.15, 0.2) is 5.65 Å². The Hall–Kier alpha value is -3.21. The fourth-order valence-corrected chi connectivity index (χ4v) is 3.49. The summed E-state index contributed by atoms with van der Waals surface area (Å²) in [6, 6.07) is 5.44. The summed E-state index contributed by atoms with van der Waals surface area (Å²) in [5, 5.41) is 10.3. The van der Waals surface area contributed by atoms with Gasteiger partial charge in [-0.1, -0.05) is 0 Å². The lowest BCUT2D eigenvalue weighted by Crippen LogP contribution is -2.52. The lowest BCUT2D eigenvalue weighted by atomic mass is 10.1. The zero-order valence-corrected chi connectivity index (χ0v) is 15.2. The first-order chi connectivity index (χ1) is 13.8. The second-order valence-corrected chi connectivity index (χ2v) is 6.80. The van der Waals surface area contributed by atoms with Crippen LogP contribution < -0.4 is 16.0 Å². The number of fused-ring (bicyclic) bond motifs is 1. The van der Waals surface area contributed by atoms with E-state index < -0.39 is 17.6 Å². The monoisotopic (exact) mass is 405 g/mol. The molecule has 29 heavy (non-hydrogen) atoms. The molecule has 1 aliphatic rings. The van der Waals surface area contributed by atoms with Gasteiger partial charge in [0, 0.05) is 43.7 Å². The molecule has 0 bridgehead atoms. The summed E-state index contributed by atoms with van der Waals surface area (Å²) in [6.07, 6.45) is -2.93. The molecule has 1 amide bonds. The SMILES string of the molecule is NC(=O)CC1CN(c2ccc(C(F)(F)F)c(-c3[nH]nc4ncccc34)n2)CCN1. The van der Waals surface area contributed by atoms with Crippen LogP contribution in [0.4, 0.5) is 19.0 Å². The van der Waals surface area contributed by atoms with Crippen molar-refractivity contribution in [1.82, 2.24) is 25.5 Å². The number of carbonyl (C=O) groups excluding carboxylic acids is 1.